The molecule has 0 spiro atoms. The summed E-state index contributed by atoms with van der Waals surface area (Å²) in [5.74, 6) is 1.08. The predicted molar refractivity (Wildman–Crippen MR) is 95.5 cm³/mol. The van der Waals surface area contributed by atoms with Gasteiger partial charge in [0.1, 0.15) is 11.4 Å². The molecule has 0 unspecified atom stereocenters. The number of fused-ring (bicyclic) bond motifs is 1. The maximum absolute atomic E-state index is 6.28. The lowest BCUT2D eigenvalue weighted by molar-refractivity contribution is 0.0572. The summed E-state index contributed by atoms with van der Waals surface area (Å²) >= 11 is 0. The molecule has 0 fully saturated rings. The fraction of sp³-hybridized carbons (Fsp3) is 0.524. The average Bonchev–Trinajstić information content (AvgIpc) is 2.46. The van der Waals surface area contributed by atoms with E-state index >= 15 is 0 Å². The fourth-order valence-corrected chi connectivity index (χ4v) is 3.02. The van der Waals surface area contributed by atoms with Gasteiger partial charge < -0.3 is 4.74 Å². The molecule has 0 N–H and O–H groups in total. The molecule has 0 radical (unpaired) electrons. The molecule has 0 bridgehead atoms. The summed E-state index contributed by atoms with van der Waals surface area (Å²) in [7, 11) is 0. The number of hydrogen-bond donors (Lipinski definition) is 0. The zero-order valence-corrected chi connectivity index (χ0v) is 14.6. The minimum Gasteiger partial charge on any atom is -0.487 e. The first-order chi connectivity index (χ1) is 10.5. The Bertz CT molecular complexity index is 549. The molecule has 1 heteroatoms. The summed E-state index contributed by atoms with van der Waals surface area (Å²) in [5, 5.41) is 0. The van der Waals surface area contributed by atoms with Gasteiger partial charge >= 0.3 is 0 Å². The number of ether oxygens (including phenoxy) is 1. The molecule has 0 aliphatic carbocycles. The van der Waals surface area contributed by atoms with Gasteiger partial charge in [-0.2, -0.15) is 0 Å². The zero-order chi connectivity index (χ0) is 16.0. The molecule has 1 aromatic rings. The third-order valence-corrected chi connectivity index (χ3v) is 4.51. The fourth-order valence-electron chi connectivity index (χ4n) is 3.02. The van der Waals surface area contributed by atoms with Gasteiger partial charge in [-0.05, 0) is 77.8 Å². The maximum Gasteiger partial charge on any atom is 0.123 e. The molecule has 1 nitrogen and oxygen atoms in total. The SMILES string of the molecule is CC(C)=CCCC(C)=CCC[C@@]1(C)CCc2ccccc2O1. The summed E-state index contributed by atoms with van der Waals surface area (Å²) in [6.07, 6.45) is 11.5. The Balaban J connectivity index is 1.83. The van der Waals surface area contributed by atoms with Gasteiger partial charge in [-0.15, -0.1) is 0 Å². The highest BCUT2D eigenvalue weighted by Gasteiger charge is 2.30. The molecule has 0 aromatic heterocycles. The summed E-state index contributed by atoms with van der Waals surface area (Å²) < 4.78 is 6.28. The molecule has 1 aliphatic rings. The van der Waals surface area contributed by atoms with Crippen LogP contribution in [0.3, 0.4) is 0 Å². The summed E-state index contributed by atoms with van der Waals surface area (Å²) in [5.41, 5.74) is 4.26. The van der Waals surface area contributed by atoms with Crippen molar-refractivity contribution < 1.29 is 4.74 Å². The van der Waals surface area contributed by atoms with E-state index in [1.807, 2.05) is 0 Å². The van der Waals surface area contributed by atoms with Gasteiger partial charge in [0, 0.05) is 0 Å². The molecule has 1 aromatic carbocycles. The number of allylic oxidation sites excluding steroid dienone is 4. The van der Waals surface area contributed by atoms with E-state index in [9.17, 15) is 0 Å². The Morgan fingerprint density at radius 3 is 2.68 bits per heavy atom. The quantitative estimate of drug-likeness (QED) is 0.564. The molecule has 0 amide bonds. The van der Waals surface area contributed by atoms with Crippen molar-refractivity contribution in [3.8, 4) is 5.75 Å². The Kier molecular flexibility index (Phi) is 5.88. The van der Waals surface area contributed by atoms with Crippen molar-refractivity contribution in [1.29, 1.82) is 0 Å². The number of rotatable bonds is 6. The normalized spacial score (nSPS) is 21.0. The second-order valence-electron chi connectivity index (χ2n) is 7.07. The zero-order valence-electron chi connectivity index (χ0n) is 14.6. The number of para-hydroxylation sites is 1. The first kappa shape index (κ1) is 16.9. The maximum atomic E-state index is 6.28. The topological polar surface area (TPSA) is 9.23 Å². The van der Waals surface area contributed by atoms with Gasteiger partial charge in [0.05, 0.1) is 0 Å². The summed E-state index contributed by atoms with van der Waals surface area (Å²) in [6.45, 7) is 8.84. The second-order valence-corrected chi connectivity index (χ2v) is 7.07. The van der Waals surface area contributed by atoms with Gasteiger partial charge in [0.2, 0.25) is 0 Å². The highest BCUT2D eigenvalue weighted by atomic mass is 16.5. The van der Waals surface area contributed by atoms with Crippen LogP contribution in [0.1, 0.15) is 65.4 Å². The second kappa shape index (κ2) is 7.67. The van der Waals surface area contributed by atoms with E-state index in [2.05, 4.69) is 64.1 Å². The highest BCUT2D eigenvalue weighted by molar-refractivity contribution is 5.35. The monoisotopic (exact) mass is 298 g/mol. The lowest BCUT2D eigenvalue weighted by atomic mass is 9.88. The Labute approximate surface area is 136 Å². The number of hydrogen-bond acceptors (Lipinski definition) is 1. The predicted octanol–water partition coefficient (Wildman–Crippen LogP) is 6.24. The third-order valence-electron chi connectivity index (χ3n) is 4.51. The Hall–Kier alpha value is -1.50. The largest absolute Gasteiger partial charge is 0.487 e. The van der Waals surface area contributed by atoms with E-state index in [0.717, 1.165) is 37.9 Å². The molecular weight excluding hydrogens is 268 g/mol. The lowest BCUT2D eigenvalue weighted by Crippen LogP contribution is -2.36. The van der Waals surface area contributed by atoms with Crippen LogP contribution >= 0.6 is 0 Å². The smallest absolute Gasteiger partial charge is 0.123 e. The van der Waals surface area contributed by atoms with Crippen LogP contribution in [0.25, 0.3) is 0 Å². The van der Waals surface area contributed by atoms with E-state index in [0.29, 0.717) is 0 Å². The van der Waals surface area contributed by atoms with E-state index < -0.39 is 0 Å². The van der Waals surface area contributed by atoms with Crippen molar-refractivity contribution in [2.45, 2.75) is 71.8 Å². The highest BCUT2D eigenvalue weighted by Crippen LogP contribution is 2.35. The first-order valence-corrected chi connectivity index (χ1v) is 8.54. The van der Waals surface area contributed by atoms with Crippen molar-refractivity contribution >= 4 is 0 Å². The van der Waals surface area contributed by atoms with Gasteiger partial charge in [0.25, 0.3) is 0 Å². The van der Waals surface area contributed by atoms with Crippen molar-refractivity contribution in [2.75, 3.05) is 0 Å². The van der Waals surface area contributed by atoms with Crippen molar-refractivity contribution in [1.82, 2.24) is 0 Å². The molecule has 120 valence electrons. The van der Waals surface area contributed by atoms with Crippen LogP contribution in [0.5, 0.6) is 5.75 Å². The van der Waals surface area contributed by atoms with Crippen LogP contribution in [0.15, 0.2) is 47.6 Å². The van der Waals surface area contributed by atoms with Gasteiger partial charge in [-0.1, -0.05) is 41.5 Å². The molecular formula is C21H30O. The van der Waals surface area contributed by atoms with Gasteiger partial charge in [-0.3, -0.25) is 0 Å². The summed E-state index contributed by atoms with van der Waals surface area (Å²) in [6, 6.07) is 8.46. The van der Waals surface area contributed by atoms with E-state index in [-0.39, 0.29) is 5.60 Å². The molecule has 1 heterocycles. The van der Waals surface area contributed by atoms with Gasteiger partial charge in [-0.25, -0.2) is 0 Å². The lowest BCUT2D eigenvalue weighted by Gasteiger charge is -2.35. The van der Waals surface area contributed by atoms with Crippen molar-refractivity contribution in [3.05, 3.63) is 53.1 Å². The van der Waals surface area contributed by atoms with Crippen LogP contribution in [0.4, 0.5) is 0 Å². The number of benzene rings is 1. The summed E-state index contributed by atoms with van der Waals surface area (Å²) in [4.78, 5) is 0. The molecule has 0 saturated carbocycles. The minimum absolute atomic E-state index is 0.00889. The molecule has 2 rings (SSSR count). The Morgan fingerprint density at radius 2 is 1.91 bits per heavy atom. The molecule has 0 saturated heterocycles. The average molecular weight is 298 g/mol. The van der Waals surface area contributed by atoms with Crippen molar-refractivity contribution in [3.63, 3.8) is 0 Å². The molecule has 22 heavy (non-hydrogen) atoms. The van der Waals surface area contributed by atoms with E-state index in [1.54, 1.807) is 0 Å². The molecule has 1 atom stereocenters. The van der Waals surface area contributed by atoms with Crippen molar-refractivity contribution in [2.24, 2.45) is 0 Å². The van der Waals surface area contributed by atoms with Crippen LogP contribution in [-0.2, 0) is 6.42 Å². The van der Waals surface area contributed by atoms with Crippen LogP contribution < -0.4 is 4.74 Å². The van der Waals surface area contributed by atoms with Crippen LogP contribution in [0.2, 0.25) is 0 Å². The van der Waals surface area contributed by atoms with E-state index in [4.69, 9.17) is 4.74 Å². The van der Waals surface area contributed by atoms with Crippen LogP contribution in [-0.4, -0.2) is 5.60 Å². The third kappa shape index (κ3) is 5.05. The standard InChI is InChI=1S/C21H30O/c1-17(2)9-7-10-18(3)11-8-15-21(4)16-14-19-12-5-6-13-20(19)22-21/h5-6,9,11-13H,7-8,10,14-16H2,1-4H3/t21-/m0/s1. The molecule has 1 aliphatic heterocycles. The number of aryl methyl sites for hydroxylation is 1. The van der Waals surface area contributed by atoms with E-state index in [1.165, 1.54) is 23.1 Å². The first-order valence-electron chi connectivity index (χ1n) is 8.54. The van der Waals surface area contributed by atoms with Crippen LogP contribution in [0, 0.1) is 0 Å². The Morgan fingerprint density at radius 1 is 1.14 bits per heavy atom. The minimum atomic E-state index is -0.00889. The van der Waals surface area contributed by atoms with Gasteiger partial charge in [0.15, 0.2) is 0 Å².